The van der Waals surface area contributed by atoms with Gasteiger partial charge in [-0.3, -0.25) is 4.79 Å². The van der Waals surface area contributed by atoms with Gasteiger partial charge in [0.25, 0.3) is 5.91 Å². The number of ether oxygens (including phenoxy) is 1. The molecule has 4 N–H and O–H groups in total. The summed E-state index contributed by atoms with van der Waals surface area (Å²) in [6.45, 7) is 0.871. The average molecular weight is 282 g/mol. The van der Waals surface area contributed by atoms with E-state index in [1.807, 2.05) is 0 Å². The maximum atomic E-state index is 12.3. The minimum absolute atomic E-state index is 0.119. The Morgan fingerprint density at radius 1 is 1.42 bits per heavy atom. The number of aromatic hydroxyl groups is 2. The molecule has 1 amide bonds. The third kappa shape index (κ3) is 2.77. The molecule has 1 unspecified atom stereocenters. The number of morpholine rings is 1. The number of amides is 1. The van der Waals surface area contributed by atoms with Gasteiger partial charge in [0.15, 0.2) is 0 Å². The summed E-state index contributed by atoms with van der Waals surface area (Å²) in [6, 6.07) is 4.15. The number of hydrogen-bond acceptors (Lipinski definition) is 5. The third-order valence-corrected chi connectivity index (χ3v) is 3.17. The van der Waals surface area contributed by atoms with E-state index in [2.05, 4.69) is 0 Å². The molecular weight excluding hydrogens is 268 g/mol. The largest absolute Gasteiger partial charge is 0.507 e. The Balaban J connectivity index is 2.22. The van der Waals surface area contributed by atoms with Crippen LogP contribution in [-0.2, 0) is 4.74 Å². The fraction of sp³-hybridized carbons (Fsp3) is 0.333. The van der Waals surface area contributed by atoms with Gasteiger partial charge in [0.05, 0.1) is 13.2 Å². The summed E-state index contributed by atoms with van der Waals surface area (Å²) >= 11 is 4.84. The first-order valence-electron chi connectivity index (χ1n) is 5.72. The highest BCUT2D eigenvalue weighted by Crippen LogP contribution is 2.28. The summed E-state index contributed by atoms with van der Waals surface area (Å²) in [5, 5.41) is 19.4. The van der Waals surface area contributed by atoms with Crippen LogP contribution < -0.4 is 5.73 Å². The van der Waals surface area contributed by atoms with Crippen LogP contribution in [0.25, 0.3) is 0 Å². The van der Waals surface area contributed by atoms with Gasteiger partial charge in [0.1, 0.15) is 28.2 Å². The van der Waals surface area contributed by atoms with Crippen LogP contribution in [0.1, 0.15) is 10.4 Å². The SMILES string of the molecule is NC(=S)C1CN(C(=O)c2c(O)cccc2O)CCO1. The van der Waals surface area contributed by atoms with E-state index in [9.17, 15) is 15.0 Å². The minimum Gasteiger partial charge on any atom is -0.507 e. The monoisotopic (exact) mass is 282 g/mol. The normalized spacial score (nSPS) is 19.2. The lowest BCUT2D eigenvalue weighted by molar-refractivity contribution is 0.00851. The summed E-state index contributed by atoms with van der Waals surface area (Å²) in [5.41, 5.74) is 5.38. The molecule has 1 aromatic carbocycles. The lowest BCUT2D eigenvalue weighted by atomic mass is 10.1. The molecule has 2 rings (SSSR count). The van der Waals surface area contributed by atoms with E-state index in [4.69, 9.17) is 22.7 Å². The van der Waals surface area contributed by atoms with Crippen LogP contribution in [0.4, 0.5) is 0 Å². The zero-order chi connectivity index (χ0) is 14.0. The van der Waals surface area contributed by atoms with Crippen molar-refractivity contribution in [3.8, 4) is 11.5 Å². The number of thiocarbonyl (C=S) groups is 1. The molecule has 1 saturated heterocycles. The number of nitrogens with zero attached hydrogens (tertiary/aromatic N) is 1. The second kappa shape index (κ2) is 5.41. The molecular formula is C12H14N2O4S. The van der Waals surface area contributed by atoms with Crippen molar-refractivity contribution in [2.75, 3.05) is 19.7 Å². The van der Waals surface area contributed by atoms with E-state index < -0.39 is 12.0 Å². The Morgan fingerprint density at radius 2 is 2.05 bits per heavy atom. The van der Waals surface area contributed by atoms with Crippen molar-refractivity contribution < 1.29 is 19.7 Å². The van der Waals surface area contributed by atoms with E-state index >= 15 is 0 Å². The quantitative estimate of drug-likeness (QED) is 0.672. The molecule has 0 saturated carbocycles. The van der Waals surface area contributed by atoms with Gasteiger partial charge in [-0.15, -0.1) is 0 Å². The molecule has 1 aliphatic heterocycles. The second-order valence-corrected chi connectivity index (χ2v) is 4.66. The predicted molar refractivity (Wildman–Crippen MR) is 72.2 cm³/mol. The fourth-order valence-corrected chi connectivity index (χ4v) is 2.05. The van der Waals surface area contributed by atoms with Gasteiger partial charge in [-0.05, 0) is 12.1 Å². The van der Waals surface area contributed by atoms with Crippen molar-refractivity contribution in [3.05, 3.63) is 23.8 Å². The van der Waals surface area contributed by atoms with Crippen LogP contribution >= 0.6 is 12.2 Å². The molecule has 7 heteroatoms. The molecule has 1 aliphatic rings. The van der Waals surface area contributed by atoms with Crippen molar-refractivity contribution in [2.24, 2.45) is 5.73 Å². The first-order chi connectivity index (χ1) is 9.00. The predicted octanol–water partition coefficient (Wildman–Crippen LogP) is 0.225. The smallest absolute Gasteiger partial charge is 0.261 e. The van der Waals surface area contributed by atoms with Crippen LogP contribution in [0.5, 0.6) is 11.5 Å². The molecule has 0 spiro atoms. The summed E-state index contributed by atoms with van der Waals surface area (Å²) < 4.78 is 5.33. The molecule has 0 radical (unpaired) electrons. The van der Waals surface area contributed by atoms with Crippen LogP contribution in [0.3, 0.4) is 0 Å². The second-order valence-electron chi connectivity index (χ2n) is 4.18. The van der Waals surface area contributed by atoms with E-state index in [1.165, 1.54) is 23.1 Å². The molecule has 19 heavy (non-hydrogen) atoms. The molecule has 102 valence electrons. The van der Waals surface area contributed by atoms with Crippen LogP contribution in [-0.4, -0.2) is 51.8 Å². The van der Waals surface area contributed by atoms with Gasteiger partial charge < -0.3 is 25.6 Å². The van der Waals surface area contributed by atoms with Crippen molar-refractivity contribution in [1.82, 2.24) is 4.90 Å². The molecule has 1 heterocycles. The summed E-state index contributed by atoms with van der Waals surface area (Å²) in [6.07, 6.45) is -0.499. The van der Waals surface area contributed by atoms with E-state index in [0.717, 1.165) is 0 Å². The van der Waals surface area contributed by atoms with E-state index in [0.29, 0.717) is 13.2 Å². The molecule has 0 aliphatic carbocycles. The zero-order valence-electron chi connectivity index (χ0n) is 10.1. The maximum absolute atomic E-state index is 12.3. The molecule has 0 aromatic heterocycles. The number of benzene rings is 1. The van der Waals surface area contributed by atoms with Gasteiger partial charge in [-0.1, -0.05) is 18.3 Å². The maximum Gasteiger partial charge on any atom is 0.261 e. The van der Waals surface area contributed by atoms with E-state index in [1.54, 1.807) is 0 Å². The summed E-state index contributed by atoms with van der Waals surface area (Å²) in [7, 11) is 0. The molecule has 1 atom stereocenters. The number of carbonyl (C=O) groups is 1. The Hall–Kier alpha value is -1.86. The van der Waals surface area contributed by atoms with Crippen LogP contribution in [0.2, 0.25) is 0 Å². The average Bonchev–Trinajstić information content (AvgIpc) is 2.38. The zero-order valence-corrected chi connectivity index (χ0v) is 10.9. The molecule has 1 aromatic rings. The van der Waals surface area contributed by atoms with Gasteiger partial charge in [-0.2, -0.15) is 0 Å². The Kier molecular flexibility index (Phi) is 3.87. The Bertz CT molecular complexity index is 500. The summed E-state index contributed by atoms with van der Waals surface area (Å²) in [5.74, 6) is -0.994. The van der Waals surface area contributed by atoms with Crippen molar-refractivity contribution in [3.63, 3.8) is 0 Å². The van der Waals surface area contributed by atoms with E-state index in [-0.39, 0.29) is 28.6 Å². The van der Waals surface area contributed by atoms with Crippen LogP contribution in [0.15, 0.2) is 18.2 Å². The first-order valence-corrected chi connectivity index (χ1v) is 6.12. The first kappa shape index (κ1) is 13.6. The standard InChI is InChI=1S/C12H14N2O4S/c13-11(19)9-6-14(4-5-18-9)12(17)10-7(15)2-1-3-8(10)16/h1-3,9,15-16H,4-6H2,(H2,13,19). The Labute approximate surface area is 115 Å². The van der Waals surface area contributed by atoms with Crippen molar-refractivity contribution >= 4 is 23.1 Å². The van der Waals surface area contributed by atoms with Gasteiger partial charge in [-0.25, -0.2) is 0 Å². The highest BCUT2D eigenvalue weighted by atomic mass is 32.1. The number of phenols is 2. The lowest BCUT2D eigenvalue weighted by Crippen LogP contribution is -2.49. The van der Waals surface area contributed by atoms with Crippen molar-refractivity contribution in [2.45, 2.75) is 6.10 Å². The topological polar surface area (TPSA) is 96.0 Å². The number of phenolic OH excluding ortho intramolecular Hbond substituents is 2. The third-order valence-electron chi connectivity index (χ3n) is 2.91. The van der Waals surface area contributed by atoms with Gasteiger partial charge >= 0.3 is 0 Å². The highest BCUT2D eigenvalue weighted by molar-refractivity contribution is 7.80. The molecule has 0 bridgehead atoms. The fourth-order valence-electron chi connectivity index (χ4n) is 1.91. The summed E-state index contributed by atoms with van der Waals surface area (Å²) in [4.78, 5) is 13.9. The minimum atomic E-state index is -0.499. The molecule has 1 fully saturated rings. The number of rotatable bonds is 2. The lowest BCUT2D eigenvalue weighted by Gasteiger charge is -2.32. The number of hydrogen-bond donors (Lipinski definition) is 3. The van der Waals surface area contributed by atoms with Crippen molar-refractivity contribution in [1.29, 1.82) is 0 Å². The highest BCUT2D eigenvalue weighted by Gasteiger charge is 2.29. The van der Waals surface area contributed by atoms with Gasteiger partial charge in [0.2, 0.25) is 0 Å². The van der Waals surface area contributed by atoms with Gasteiger partial charge in [0, 0.05) is 6.54 Å². The molecule has 6 nitrogen and oxygen atoms in total. The number of carbonyl (C=O) groups excluding carboxylic acids is 1. The Morgan fingerprint density at radius 3 is 2.63 bits per heavy atom. The number of nitrogens with two attached hydrogens (primary N) is 1. The van der Waals surface area contributed by atoms with Crippen LogP contribution in [0, 0.1) is 0 Å².